The van der Waals surface area contributed by atoms with E-state index >= 15 is 0 Å². The Morgan fingerprint density at radius 3 is 3.03 bits per heavy atom. The Hall–Kier alpha value is -3.59. The molecule has 1 atom stereocenters. The number of hydrogen-bond donors (Lipinski definition) is 3. The highest BCUT2D eigenvalue weighted by Gasteiger charge is 2.29. The summed E-state index contributed by atoms with van der Waals surface area (Å²) in [4.78, 5) is 23.1. The molecule has 3 N–H and O–H groups in total. The number of likely N-dealkylation sites (tertiary alicyclic amines) is 1. The molecule has 190 valence electrons. The van der Waals surface area contributed by atoms with Crippen LogP contribution in [0.2, 0.25) is 0 Å². The number of fused-ring (bicyclic) bond motifs is 1. The number of pyridine rings is 1. The van der Waals surface area contributed by atoms with Crippen LogP contribution in [0.15, 0.2) is 36.7 Å². The fourth-order valence-electron chi connectivity index (χ4n) is 5.21. The largest absolute Gasteiger partial charge is 0.492 e. The zero-order valence-corrected chi connectivity index (χ0v) is 20.7. The highest BCUT2D eigenvalue weighted by Crippen LogP contribution is 2.42. The van der Waals surface area contributed by atoms with Crippen molar-refractivity contribution in [1.82, 2.24) is 20.2 Å². The predicted octanol–water partition coefficient (Wildman–Crippen LogP) is 4.51. The topological polar surface area (TPSA) is 91.5 Å². The molecule has 3 aromatic rings. The first-order valence-electron chi connectivity index (χ1n) is 12.5. The van der Waals surface area contributed by atoms with Crippen molar-refractivity contribution in [3.05, 3.63) is 53.7 Å². The van der Waals surface area contributed by atoms with E-state index in [1.54, 1.807) is 24.5 Å². The third kappa shape index (κ3) is 4.63. The molecule has 1 saturated heterocycles. The SMILES string of the molecule is CCCN1CCC[C@@H]1COc1cnccc1-c1[nH]c2c(c1Nc1cccc(F)c1OC)C(=O)NCC2. The molecule has 0 bridgehead atoms. The number of nitrogens with one attached hydrogen (secondary N) is 3. The first-order valence-corrected chi connectivity index (χ1v) is 12.5. The molecule has 1 fully saturated rings. The summed E-state index contributed by atoms with van der Waals surface area (Å²) in [5, 5.41) is 6.19. The monoisotopic (exact) mass is 493 g/mol. The minimum absolute atomic E-state index is 0.0815. The molecule has 1 amide bonds. The zero-order valence-electron chi connectivity index (χ0n) is 20.7. The van der Waals surface area contributed by atoms with Crippen molar-refractivity contribution in [2.75, 3.05) is 38.7 Å². The fraction of sp³-hybridized carbons (Fsp3) is 0.407. The standard InChI is InChI=1S/C27H32FN5O3/c1-3-13-33-14-5-6-17(33)16-36-22-15-29-11-9-18(22)24-25(23-20(31-24)10-12-30-27(23)34)32-21-8-4-7-19(28)26(21)35-2/h4,7-9,11,15,17,31-32H,3,5-6,10,12-14,16H2,1-2H3,(H,30,34)/t17-/m1/s1. The number of benzene rings is 1. The van der Waals surface area contributed by atoms with Crippen molar-refractivity contribution in [3.63, 3.8) is 0 Å². The van der Waals surface area contributed by atoms with Crippen LogP contribution in [0.25, 0.3) is 11.3 Å². The Morgan fingerprint density at radius 2 is 2.19 bits per heavy atom. The van der Waals surface area contributed by atoms with Gasteiger partial charge >= 0.3 is 0 Å². The number of anilines is 2. The number of halogens is 1. The molecule has 0 aliphatic carbocycles. The van der Waals surface area contributed by atoms with Gasteiger partial charge in [0.2, 0.25) is 0 Å². The molecule has 5 rings (SSSR count). The van der Waals surface area contributed by atoms with Crippen LogP contribution >= 0.6 is 0 Å². The maximum atomic E-state index is 14.4. The number of para-hydroxylation sites is 1. The van der Waals surface area contributed by atoms with Crippen LogP contribution in [0.5, 0.6) is 11.5 Å². The predicted molar refractivity (Wildman–Crippen MR) is 137 cm³/mol. The van der Waals surface area contributed by atoms with Crippen molar-refractivity contribution in [3.8, 4) is 22.8 Å². The summed E-state index contributed by atoms with van der Waals surface area (Å²) in [6, 6.07) is 6.90. The van der Waals surface area contributed by atoms with Crippen LogP contribution in [-0.2, 0) is 6.42 Å². The van der Waals surface area contributed by atoms with Gasteiger partial charge in [0.1, 0.15) is 12.4 Å². The van der Waals surface area contributed by atoms with Crippen LogP contribution in [-0.4, -0.2) is 60.2 Å². The number of H-pyrrole nitrogens is 1. The number of hydrogen-bond acceptors (Lipinski definition) is 6. The summed E-state index contributed by atoms with van der Waals surface area (Å²) in [6.07, 6.45) is 7.47. The summed E-state index contributed by atoms with van der Waals surface area (Å²) < 4.78 is 26.1. The number of methoxy groups -OCH3 is 1. The van der Waals surface area contributed by atoms with Gasteiger partial charge in [-0.15, -0.1) is 0 Å². The highest BCUT2D eigenvalue weighted by atomic mass is 19.1. The lowest BCUT2D eigenvalue weighted by Gasteiger charge is -2.24. The number of carbonyl (C=O) groups excluding carboxylic acids is 1. The van der Waals surface area contributed by atoms with Gasteiger partial charge in [-0.25, -0.2) is 4.39 Å². The second-order valence-electron chi connectivity index (χ2n) is 9.19. The van der Waals surface area contributed by atoms with Gasteiger partial charge in [-0.1, -0.05) is 13.0 Å². The van der Waals surface area contributed by atoms with E-state index in [4.69, 9.17) is 9.47 Å². The zero-order chi connectivity index (χ0) is 25.1. The Kier molecular flexibility index (Phi) is 7.09. The van der Waals surface area contributed by atoms with Gasteiger partial charge in [0.05, 0.1) is 35.9 Å². The number of ether oxygens (including phenoxy) is 2. The average molecular weight is 494 g/mol. The van der Waals surface area contributed by atoms with Gasteiger partial charge in [0, 0.05) is 36.5 Å². The van der Waals surface area contributed by atoms with E-state index in [0.29, 0.717) is 54.0 Å². The third-order valence-corrected chi connectivity index (χ3v) is 6.89. The molecule has 2 aliphatic rings. The molecule has 9 heteroatoms. The maximum absolute atomic E-state index is 14.4. The van der Waals surface area contributed by atoms with Crippen LogP contribution in [0.3, 0.4) is 0 Å². The van der Waals surface area contributed by atoms with Crippen molar-refractivity contribution in [1.29, 1.82) is 0 Å². The van der Waals surface area contributed by atoms with Gasteiger partial charge in [0.25, 0.3) is 5.91 Å². The molecular formula is C27H32FN5O3. The number of aromatic nitrogens is 2. The summed E-state index contributed by atoms with van der Waals surface area (Å²) in [7, 11) is 1.42. The lowest BCUT2D eigenvalue weighted by molar-refractivity contribution is 0.0947. The second kappa shape index (κ2) is 10.6. The molecular weight excluding hydrogens is 461 g/mol. The Morgan fingerprint density at radius 1 is 1.31 bits per heavy atom. The van der Waals surface area contributed by atoms with Crippen molar-refractivity contribution >= 4 is 17.3 Å². The molecule has 0 spiro atoms. The number of amides is 1. The van der Waals surface area contributed by atoms with Gasteiger partial charge < -0.3 is 25.1 Å². The Balaban J connectivity index is 1.52. The van der Waals surface area contributed by atoms with E-state index in [1.165, 1.54) is 19.6 Å². The Labute approximate surface area is 210 Å². The van der Waals surface area contributed by atoms with E-state index in [9.17, 15) is 9.18 Å². The first kappa shape index (κ1) is 24.1. The number of nitrogens with zero attached hydrogens (tertiary/aromatic N) is 2. The van der Waals surface area contributed by atoms with Gasteiger partial charge in [-0.05, 0) is 50.6 Å². The molecule has 1 aromatic carbocycles. The van der Waals surface area contributed by atoms with Gasteiger partial charge in [-0.2, -0.15) is 0 Å². The molecule has 36 heavy (non-hydrogen) atoms. The van der Waals surface area contributed by atoms with E-state index < -0.39 is 5.82 Å². The molecule has 8 nitrogen and oxygen atoms in total. The molecule has 0 unspecified atom stereocenters. The lowest BCUT2D eigenvalue weighted by Crippen LogP contribution is -2.34. The highest BCUT2D eigenvalue weighted by molar-refractivity contribution is 6.06. The third-order valence-electron chi connectivity index (χ3n) is 6.89. The summed E-state index contributed by atoms with van der Waals surface area (Å²) in [5.41, 5.74) is 3.78. The minimum atomic E-state index is -0.487. The molecule has 0 saturated carbocycles. The molecule has 2 aliphatic heterocycles. The van der Waals surface area contributed by atoms with Crippen LogP contribution < -0.4 is 20.1 Å². The average Bonchev–Trinajstić information content (AvgIpc) is 3.48. The van der Waals surface area contributed by atoms with Crippen LogP contribution in [0.4, 0.5) is 15.8 Å². The van der Waals surface area contributed by atoms with E-state index in [0.717, 1.165) is 37.2 Å². The minimum Gasteiger partial charge on any atom is -0.492 e. The summed E-state index contributed by atoms with van der Waals surface area (Å²) in [6.45, 7) is 5.48. The number of aromatic amines is 1. The summed E-state index contributed by atoms with van der Waals surface area (Å²) >= 11 is 0. The quantitative estimate of drug-likeness (QED) is 0.406. The molecule has 0 radical (unpaired) electrons. The second-order valence-corrected chi connectivity index (χ2v) is 9.19. The van der Waals surface area contributed by atoms with E-state index in [1.807, 2.05) is 6.07 Å². The van der Waals surface area contributed by atoms with Gasteiger partial charge in [0.15, 0.2) is 11.6 Å². The van der Waals surface area contributed by atoms with E-state index in [2.05, 4.69) is 32.4 Å². The van der Waals surface area contributed by atoms with Crippen molar-refractivity contribution in [2.24, 2.45) is 0 Å². The molecule has 2 aromatic heterocycles. The Bertz CT molecular complexity index is 1240. The molecule has 4 heterocycles. The van der Waals surface area contributed by atoms with Crippen molar-refractivity contribution < 1.29 is 18.7 Å². The maximum Gasteiger partial charge on any atom is 0.255 e. The normalized spacial score (nSPS) is 17.5. The van der Waals surface area contributed by atoms with E-state index in [-0.39, 0.29) is 11.7 Å². The van der Waals surface area contributed by atoms with Crippen LogP contribution in [0.1, 0.15) is 42.2 Å². The summed E-state index contributed by atoms with van der Waals surface area (Å²) in [5.74, 6) is 0.0421. The lowest BCUT2D eigenvalue weighted by atomic mass is 10.0. The number of rotatable bonds is 9. The van der Waals surface area contributed by atoms with Crippen molar-refractivity contribution in [2.45, 2.75) is 38.6 Å². The first-order chi connectivity index (χ1) is 17.6. The van der Waals surface area contributed by atoms with Gasteiger partial charge in [-0.3, -0.25) is 14.7 Å². The van der Waals surface area contributed by atoms with Crippen LogP contribution in [0, 0.1) is 5.82 Å². The number of carbonyl (C=O) groups is 1. The smallest absolute Gasteiger partial charge is 0.255 e. The fourth-order valence-corrected chi connectivity index (χ4v) is 5.21.